The van der Waals surface area contributed by atoms with Crippen LogP contribution in [0.1, 0.15) is 32.4 Å². The molecule has 0 bridgehead atoms. The van der Waals surface area contributed by atoms with E-state index in [-0.39, 0.29) is 0 Å². The van der Waals surface area contributed by atoms with E-state index in [1.165, 1.54) is 10.4 Å². The van der Waals surface area contributed by atoms with E-state index in [9.17, 15) is 0 Å². The lowest BCUT2D eigenvalue weighted by Crippen LogP contribution is -2.01. The highest BCUT2D eigenvalue weighted by Gasteiger charge is 2.13. The van der Waals surface area contributed by atoms with Crippen molar-refractivity contribution in [1.82, 2.24) is 14.8 Å². The second-order valence-corrected chi connectivity index (χ2v) is 4.70. The molecule has 15 heavy (non-hydrogen) atoms. The van der Waals surface area contributed by atoms with E-state index in [0.29, 0.717) is 6.04 Å². The molecule has 0 spiro atoms. The van der Waals surface area contributed by atoms with Gasteiger partial charge in [-0.3, -0.25) is 0 Å². The number of aryl methyl sites for hydroxylation is 1. The van der Waals surface area contributed by atoms with Crippen LogP contribution in [-0.2, 0) is 6.42 Å². The van der Waals surface area contributed by atoms with Crippen LogP contribution in [0.15, 0.2) is 17.8 Å². The Hall–Kier alpha value is -1.16. The number of hydrogen-bond donors (Lipinski definition) is 0. The molecule has 2 aromatic heterocycles. The molecule has 0 unspecified atom stereocenters. The molecule has 2 rings (SSSR count). The minimum Gasteiger partial charge on any atom is -0.310 e. The Labute approximate surface area is 93.8 Å². The predicted molar refractivity (Wildman–Crippen MR) is 63.1 cm³/mol. The zero-order valence-electron chi connectivity index (χ0n) is 9.27. The summed E-state index contributed by atoms with van der Waals surface area (Å²) in [7, 11) is 0. The predicted octanol–water partition coefficient (Wildman–Crippen LogP) is 3.15. The maximum atomic E-state index is 4.21. The highest BCUT2D eigenvalue weighted by atomic mass is 32.1. The fourth-order valence-electron chi connectivity index (χ4n) is 1.59. The number of hydrogen-bond acceptors (Lipinski definition) is 3. The van der Waals surface area contributed by atoms with Crippen molar-refractivity contribution in [2.75, 3.05) is 0 Å². The van der Waals surface area contributed by atoms with Gasteiger partial charge in [-0.1, -0.05) is 6.92 Å². The molecule has 0 aliphatic heterocycles. The molecule has 80 valence electrons. The molecule has 0 fully saturated rings. The lowest BCUT2D eigenvalue weighted by molar-refractivity contribution is 0.604. The molecule has 2 heterocycles. The molecular formula is C11H15N3S. The van der Waals surface area contributed by atoms with Crippen molar-refractivity contribution in [3.63, 3.8) is 0 Å². The Balaban J connectivity index is 2.49. The van der Waals surface area contributed by atoms with Crippen LogP contribution < -0.4 is 0 Å². The average Bonchev–Trinajstić information content (AvgIpc) is 2.85. The van der Waals surface area contributed by atoms with Crippen molar-refractivity contribution in [3.8, 4) is 10.7 Å². The standard InChI is InChI=1S/C11H15N3S/c1-4-9-5-6-15-10(9)11-13-12-7-14(11)8(2)3/h5-8H,4H2,1-3H3. The van der Waals surface area contributed by atoms with Gasteiger partial charge in [0.1, 0.15) is 6.33 Å². The van der Waals surface area contributed by atoms with Gasteiger partial charge in [-0.15, -0.1) is 21.5 Å². The molecule has 3 nitrogen and oxygen atoms in total. The Kier molecular flexibility index (Phi) is 2.86. The van der Waals surface area contributed by atoms with Gasteiger partial charge < -0.3 is 4.57 Å². The minimum absolute atomic E-state index is 0.404. The van der Waals surface area contributed by atoms with E-state index in [4.69, 9.17) is 0 Å². The quantitative estimate of drug-likeness (QED) is 0.797. The van der Waals surface area contributed by atoms with Gasteiger partial charge in [-0.2, -0.15) is 0 Å². The third-order valence-electron chi connectivity index (χ3n) is 2.46. The molecule has 0 amide bonds. The lowest BCUT2D eigenvalue weighted by atomic mass is 10.2. The Morgan fingerprint density at radius 3 is 2.93 bits per heavy atom. The average molecular weight is 221 g/mol. The molecule has 2 aromatic rings. The normalized spacial score (nSPS) is 11.2. The molecule has 0 aromatic carbocycles. The molecule has 0 aliphatic rings. The summed E-state index contributed by atoms with van der Waals surface area (Å²) in [5.74, 6) is 0.997. The third kappa shape index (κ3) is 1.81. The van der Waals surface area contributed by atoms with E-state index in [0.717, 1.165) is 12.2 Å². The summed E-state index contributed by atoms with van der Waals surface area (Å²) < 4.78 is 2.12. The van der Waals surface area contributed by atoms with Crippen LogP contribution in [0.25, 0.3) is 10.7 Å². The third-order valence-corrected chi connectivity index (χ3v) is 3.41. The fraction of sp³-hybridized carbons (Fsp3) is 0.455. The minimum atomic E-state index is 0.404. The molecule has 0 atom stereocenters. The van der Waals surface area contributed by atoms with Crippen LogP contribution in [0.4, 0.5) is 0 Å². The maximum absolute atomic E-state index is 4.21. The largest absolute Gasteiger partial charge is 0.310 e. The van der Waals surface area contributed by atoms with Crippen LogP contribution in [-0.4, -0.2) is 14.8 Å². The van der Waals surface area contributed by atoms with Gasteiger partial charge in [0.15, 0.2) is 5.82 Å². The van der Waals surface area contributed by atoms with Crippen LogP contribution >= 0.6 is 11.3 Å². The van der Waals surface area contributed by atoms with Crippen LogP contribution in [0.5, 0.6) is 0 Å². The van der Waals surface area contributed by atoms with E-state index >= 15 is 0 Å². The summed E-state index contributed by atoms with van der Waals surface area (Å²) in [6, 6.07) is 2.57. The summed E-state index contributed by atoms with van der Waals surface area (Å²) in [6.45, 7) is 6.46. The van der Waals surface area contributed by atoms with Crippen LogP contribution in [0.2, 0.25) is 0 Å². The smallest absolute Gasteiger partial charge is 0.174 e. The number of nitrogens with zero attached hydrogens (tertiary/aromatic N) is 3. The van der Waals surface area contributed by atoms with Gasteiger partial charge in [-0.25, -0.2) is 0 Å². The molecule has 0 radical (unpaired) electrons. The topological polar surface area (TPSA) is 30.7 Å². The number of thiophene rings is 1. The Bertz CT molecular complexity index is 442. The monoisotopic (exact) mass is 221 g/mol. The van der Waals surface area contributed by atoms with E-state index < -0.39 is 0 Å². The van der Waals surface area contributed by atoms with Crippen molar-refractivity contribution in [3.05, 3.63) is 23.3 Å². The number of aromatic nitrogens is 3. The van der Waals surface area contributed by atoms with Crippen molar-refractivity contribution in [2.24, 2.45) is 0 Å². The first-order valence-corrected chi connectivity index (χ1v) is 6.08. The second kappa shape index (κ2) is 4.14. The molecule has 4 heteroatoms. The first kappa shape index (κ1) is 10.4. The first-order chi connectivity index (χ1) is 7.24. The van der Waals surface area contributed by atoms with E-state index in [1.807, 2.05) is 0 Å². The van der Waals surface area contributed by atoms with Crippen molar-refractivity contribution < 1.29 is 0 Å². The molecule has 0 aliphatic carbocycles. The van der Waals surface area contributed by atoms with Gasteiger partial charge in [0.25, 0.3) is 0 Å². The van der Waals surface area contributed by atoms with E-state index in [2.05, 4.69) is 47.0 Å². The Morgan fingerprint density at radius 1 is 1.47 bits per heavy atom. The SMILES string of the molecule is CCc1ccsc1-c1nncn1C(C)C. The van der Waals surface area contributed by atoms with Crippen molar-refractivity contribution in [2.45, 2.75) is 33.2 Å². The molecule has 0 saturated carbocycles. The first-order valence-electron chi connectivity index (χ1n) is 5.20. The van der Waals surface area contributed by atoms with Crippen LogP contribution in [0.3, 0.4) is 0 Å². The van der Waals surface area contributed by atoms with Gasteiger partial charge >= 0.3 is 0 Å². The molecule has 0 saturated heterocycles. The van der Waals surface area contributed by atoms with Crippen molar-refractivity contribution >= 4 is 11.3 Å². The summed E-state index contributed by atoms with van der Waals surface area (Å²) in [4.78, 5) is 1.25. The van der Waals surface area contributed by atoms with Crippen LogP contribution in [0, 0.1) is 0 Å². The zero-order valence-corrected chi connectivity index (χ0v) is 10.1. The van der Waals surface area contributed by atoms with Gasteiger partial charge in [0, 0.05) is 6.04 Å². The highest BCUT2D eigenvalue weighted by Crippen LogP contribution is 2.29. The van der Waals surface area contributed by atoms with E-state index in [1.54, 1.807) is 17.7 Å². The fourth-order valence-corrected chi connectivity index (χ4v) is 2.58. The van der Waals surface area contributed by atoms with Gasteiger partial charge in [0.2, 0.25) is 0 Å². The summed E-state index contributed by atoms with van der Waals surface area (Å²) >= 11 is 1.74. The second-order valence-electron chi connectivity index (χ2n) is 3.78. The molecule has 0 N–H and O–H groups in total. The zero-order chi connectivity index (χ0) is 10.8. The van der Waals surface area contributed by atoms with Crippen molar-refractivity contribution in [1.29, 1.82) is 0 Å². The number of rotatable bonds is 3. The summed E-state index contributed by atoms with van der Waals surface area (Å²) in [6.07, 6.45) is 2.85. The maximum Gasteiger partial charge on any atom is 0.174 e. The Morgan fingerprint density at radius 2 is 2.27 bits per heavy atom. The lowest BCUT2D eigenvalue weighted by Gasteiger charge is -2.09. The summed E-state index contributed by atoms with van der Waals surface area (Å²) in [5, 5.41) is 10.3. The summed E-state index contributed by atoms with van der Waals surface area (Å²) in [5.41, 5.74) is 1.36. The van der Waals surface area contributed by atoms with Gasteiger partial charge in [0.05, 0.1) is 4.88 Å². The highest BCUT2D eigenvalue weighted by molar-refractivity contribution is 7.13. The molecular weight excluding hydrogens is 206 g/mol. The van der Waals surface area contributed by atoms with Gasteiger partial charge in [-0.05, 0) is 37.3 Å².